The van der Waals surface area contributed by atoms with Gasteiger partial charge in [0, 0.05) is 7.11 Å². The van der Waals surface area contributed by atoms with Crippen molar-refractivity contribution in [1.29, 1.82) is 0 Å². The van der Waals surface area contributed by atoms with Crippen molar-refractivity contribution in [2.45, 2.75) is 5.79 Å². The fourth-order valence-electron chi connectivity index (χ4n) is 0.951. The Morgan fingerprint density at radius 1 is 1.36 bits per heavy atom. The summed E-state index contributed by atoms with van der Waals surface area (Å²) in [5, 5.41) is 13.2. The molecule has 0 heterocycles. The monoisotopic (exact) mass is 197 g/mol. The molecule has 76 valence electrons. The molecule has 0 bridgehead atoms. The molecule has 5 nitrogen and oxygen atoms in total. The van der Waals surface area contributed by atoms with E-state index >= 15 is 0 Å². The van der Waals surface area contributed by atoms with Gasteiger partial charge in [-0.1, -0.05) is 5.16 Å². The maximum Gasteiger partial charge on any atom is 0.251 e. The molecule has 0 radical (unpaired) electrons. The Kier molecular flexibility index (Phi) is 3.16. The van der Waals surface area contributed by atoms with Gasteiger partial charge in [-0.2, -0.15) is 0 Å². The molecule has 0 saturated carbocycles. The smallest absolute Gasteiger partial charge is 0.251 e. The normalized spacial score (nSPS) is 29.4. The lowest BCUT2D eigenvalue weighted by Gasteiger charge is -2.17. The second kappa shape index (κ2) is 4.17. The number of allylic oxidation sites excluding steroid dienone is 2. The van der Waals surface area contributed by atoms with Crippen molar-refractivity contribution in [3.05, 3.63) is 24.3 Å². The summed E-state index contributed by atoms with van der Waals surface area (Å²) in [5.41, 5.74) is 0.425. The van der Waals surface area contributed by atoms with E-state index in [-0.39, 0.29) is 0 Å². The Bertz CT molecular complexity index is 319. The minimum Gasteiger partial charge on any atom is -0.399 e. The zero-order valence-corrected chi connectivity index (χ0v) is 7.93. The molecule has 0 fully saturated rings. The summed E-state index contributed by atoms with van der Waals surface area (Å²) in [6.45, 7) is 0. The molecule has 0 amide bonds. The van der Waals surface area contributed by atoms with Gasteiger partial charge in [-0.25, -0.2) is 0 Å². The molecular weight excluding hydrogens is 186 g/mol. The van der Waals surface area contributed by atoms with Crippen LogP contribution in [0.1, 0.15) is 0 Å². The molecule has 0 aliphatic heterocycles. The SMILES string of the molecule is CO/N=C1/C=CC(=O)C(O)(OC)C=C1. The third-order valence-electron chi connectivity index (χ3n) is 1.75. The third kappa shape index (κ3) is 2.07. The fraction of sp³-hybridized carbons (Fsp3) is 0.333. The molecule has 0 spiro atoms. The maximum absolute atomic E-state index is 11.3. The van der Waals surface area contributed by atoms with Gasteiger partial charge in [0.15, 0.2) is 0 Å². The zero-order valence-electron chi connectivity index (χ0n) is 7.93. The lowest BCUT2D eigenvalue weighted by atomic mass is 10.2. The molecule has 1 N–H and O–H groups in total. The van der Waals surface area contributed by atoms with Crippen molar-refractivity contribution in [2.75, 3.05) is 14.2 Å². The molecule has 1 unspecified atom stereocenters. The van der Waals surface area contributed by atoms with E-state index in [9.17, 15) is 9.90 Å². The highest BCUT2D eigenvalue weighted by atomic mass is 16.6. The van der Waals surface area contributed by atoms with Crippen LogP contribution in [0.2, 0.25) is 0 Å². The number of hydrogen-bond donors (Lipinski definition) is 1. The number of rotatable bonds is 2. The Morgan fingerprint density at radius 2 is 2.07 bits per heavy atom. The number of ketones is 1. The predicted octanol–water partition coefficient (Wildman–Crippen LogP) is 0.0189. The maximum atomic E-state index is 11.3. The second-order valence-corrected chi connectivity index (χ2v) is 2.63. The van der Waals surface area contributed by atoms with Gasteiger partial charge in [0.05, 0.1) is 0 Å². The van der Waals surface area contributed by atoms with Crippen molar-refractivity contribution in [3.63, 3.8) is 0 Å². The van der Waals surface area contributed by atoms with E-state index in [0.717, 1.165) is 0 Å². The standard InChI is InChI=1S/C9H11NO4/c1-13-9(12)6-5-7(10-14-2)3-4-8(9)11/h3-6,12H,1-2H3/b10-7-. The fourth-order valence-corrected chi connectivity index (χ4v) is 0.951. The first-order valence-corrected chi connectivity index (χ1v) is 3.93. The first kappa shape index (κ1) is 10.6. The van der Waals surface area contributed by atoms with Gasteiger partial charge < -0.3 is 14.7 Å². The Labute approximate surface area is 81.3 Å². The topological polar surface area (TPSA) is 68.1 Å². The van der Waals surface area contributed by atoms with Gasteiger partial charge >= 0.3 is 0 Å². The summed E-state index contributed by atoms with van der Waals surface area (Å²) >= 11 is 0. The van der Waals surface area contributed by atoms with Crippen LogP contribution in [0, 0.1) is 0 Å². The number of oxime groups is 1. The number of hydrogen-bond acceptors (Lipinski definition) is 5. The van der Waals surface area contributed by atoms with Crippen molar-refractivity contribution >= 4 is 11.5 Å². The van der Waals surface area contributed by atoms with E-state index in [0.29, 0.717) is 5.71 Å². The molecule has 1 rings (SSSR count). The van der Waals surface area contributed by atoms with Crippen molar-refractivity contribution < 1.29 is 19.5 Å². The highest BCUT2D eigenvalue weighted by molar-refractivity contribution is 6.11. The number of aliphatic hydroxyl groups is 1. The van der Waals surface area contributed by atoms with E-state index in [1.54, 1.807) is 0 Å². The molecule has 1 aliphatic rings. The molecule has 1 aliphatic carbocycles. The summed E-state index contributed by atoms with van der Waals surface area (Å²) in [5.74, 6) is -2.46. The van der Waals surface area contributed by atoms with E-state index in [4.69, 9.17) is 0 Å². The number of ether oxygens (including phenoxy) is 1. The van der Waals surface area contributed by atoms with Crippen LogP contribution < -0.4 is 0 Å². The van der Waals surface area contributed by atoms with Gasteiger partial charge in [0.25, 0.3) is 5.79 Å². The molecule has 0 aromatic rings. The summed E-state index contributed by atoms with van der Waals surface area (Å²) < 4.78 is 4.67. The lowest BCUT2D eigenvalue weighted by molar-refractivity contribution is -0.169. The minimum absolute atomic E-state index is 0.425. The Morgan fingerprint density at radius 3 is 2.64 bits per heavy atom. The van der Waals surface area contributed by atoms with Crippen molar-refractivity contribution in [3.8, 4) is 0 Å². The van der Waals surface area contributed by atoms with Gasteiger partial charge in [-0.3, -0.25) is 4.79 Å². The average molecular weight is 197 g/mol. The van der Waals surface area contributed by atoms with E-state index in [2.05, 4.69) is 14.7 Å². The average Bonchev–Trinajstić information content (AvgIpc) is 2.32. The predicted molar refractivity (Wildman–Crippen MR) is 49.7 cm³/mol. The molecular formula is C9H11NO4. The largest absolute Gasteiger partial charge is 0.399 e. The van der Waals surface area contributed by atoms with Gasteiger partial charge in [-0.05, 0) is 24.3 Å². The van der Waals surface area contributed by atoms with Gasteiger partial charge in [-0.15, -0.1) is 0 Å². The highest BCUT2D eigenvalue weighted by Gasteiger charge is 2.32. The van der Waals surface area contributed by atoms with Crippen LogP contribution in [0.5, 0.6) is 0 Å². The molecule has 5 heteroatoms. The minimum atomic E-state index is -1.90. The van der Waals surface area contributed by atoms with Crippen molar-refractivity contribution in [2.24, 2.45) is 5.16 Å². The van der Waals surface area contributed by atoms with Crippen LogP contribution in [0.15, 0.2) is 29.5 Å². The summed E-state index contributed by atoms with van der Waals surface area (Å²) in [6.07, 6.45) is 5.27. The molecule has 14 heavy (non-hydrogen) atoms. The van der Waals surface area contributed by atoms with Gasteiger partial charge in [0.1, 0.15) is 12.8 Å². The number of carbonyl (C=O) groups is 1. The summed E-state index contributed by atoms with van der Waals surface area (Å²) in [4.78, 5) is 15.8. The Hall–Kier alpha value is -1.46. The van der Waals surface area contributed by atoms with Crippen LogP contribution in [0.3, 0.4) is 0 Å². The van der Waals surface area contributed by atoms with Crippen molar-refractivity contribution in [1.82, 2.24) is 0 Å². The van der Waals surface area contributed by atoms with E-state index in [1.165, 1.54) is 38.5 Å². The lowest BCUT2D eigenvalue weighted by Crippen LogP contribution is -2.36. The van der Waals surface area contributed by atoms with E-state index < -0.39 is 11.6 Å². The quantitative estimate of drug-likeness (QED) is 0.500. The van der Waals surface area contributed by atoms with E-state index in [1.807, 2.05) is 0 Å². The van der Waals surface area contributed by atoms with Crippen LogP contribution >= 0.6 is 0 Å². The first-order valence-electron chi connectivity index (χ1n) is 3.93. The van der Waals surface area contributed by atoms with Crippen LogP contribution in [-0.2, 0) is 14.4 Å². The highest BCUT2D eigenvalue weighted by Crippen LogP contribution is 2.13. The molecule has 1 atom stereocenters. The molecule has 0 aromatic carbocycles. The number of methoxy groups -OCH3 is 1. The van der Waals surface area contributed by atoms with Crippen LogP contribution in [-0.4, -0.2) is 36.6 Å². The number of nitrogens with zero attached hydrogens (tertiary/aromatic N) is 1. The zero-order chi connectivity index (χ0) is 10.6. The third-order valence-corrected chi connectivity index (χ3v) is 1.75. The van der Waals surface area contributed by atoms with Crippen LogP contribution in [0.25, 0.3) is 0 Å². The second-order valence-electron chi connectivity index (χ2n) is 2.63. The van der Waals surface area contributed by atoms with Crippen LogP contribution in [0.4, 0.5) is 0 Å². The summed E-state index contributed by atoms with van der Waals surface area (Å²) in [7, 11) is 2.64. The first-order chi connectivity index (χ1) is 6.62. The molecule has 0 saturated heterocycles. The summed E-state index contributed by atoms with van der Waals surface area (Å²) in [6, 6.07) is 0. The Balaban J connectivity index is 3.01. The van der Waals surface area contributed by atoms with Gasteiger partial charge in [0.2, 0.25) is 5.78 Å². The molecule has 0 aromatic heterocycles. The number of carbonyl (C=O) groups excluding carboxylic acids is 1.